The monoisotopic (exact) mass is 329 g/mol. The number of aryl methyl sites for hydroxylation is 1. The molecule has 0 radical (unpaired) electrons. The van der Waals surface area contributed by atoms with Crippen LogP contribution < -0.4 is 5.32 Å². The third-order valence-corrected chi connectivity index (χ3v) is 3.97. The molecule has 2 rings (SSSR count). The lowest BCUT2D eigenvalue weighted by Crippen LogP contribution is -2.41. The first kappa shape index (κ1) is 17.7. The summed E-state index contributed by atoms with van der Waals surface area (Å²) < 4.78 is 1.70. The fourth-order valence-electron chi connectivity index (χ4n) is 2.69. The van der Waals surface area contributed by atoms with E-state index in [1.54, 1.807) is 11.6 Å². The highest BCUT2D eigenvalue weighted by atomic mass is 16.4. The highest BCUT2D eigenvalue weighted by Gasteiger charge is 2.24. The van der Waals surface area contributed by atoms with Crippen molar-refractivity contribution >= 4 is 11.9 Å². The van der Waals surface area contributed by atoms with Gasteiger partial charge in [0.15, 0.2) is 0 Å². The van der Waals surface area contributed by atoms with Crippen LogP contribution in [0.1, 0.15) is 47.9 Å². The zero-order chi connectivity index (χ0) is 17.7. The molecule has 0 aliphatic heterocycles. The molecule has 1 heterocycles. The van der Waals surface area contributed by atoms with Crippen LogP contribution in [0.25, 0.3) is 5.69 Å². The summed E-state index contributed by atoms with van der Waals surface area (Å²) in [5, 5.41) is 16.3. The molecule has 0 fully saturated rings. The van der Waals surface area contributed by atoms with Crippen molar-refractivity contribution in [3.63, 3.8) is 0 Å². The summed E-state index contributed by atoms with van der Waals surface area (Å²) in [7, 11) is 0. The molecule has 0 saturated heterocycles. The van der Waals surface area contributed by atoms with Gasteiger partial charge in [-0.2, -0.15) is 5.10 Å². The lowest BCUT2D eigenvalue weighted by Gasteiger charge is -2.14. The van der Waals surface area contributed by atoms with Crippen LogP contribution in [0.2, 0.25) is 0 Å². The van der Waals surface area contributed by atoms with Crippen LogP contribution in [0, 0.1) is 13.8 Å². The number of carbonyl (C=O) groups excluding carboxylic acids is 1. The van der Waals surface area contributed by atoms with Gasteiger partial charge in [0.2, 0.25) is 0 Å². The van der Waals surface area contributed by atoms with Crippen molar-refractivity contribution < 1.29 is 14.7 Å². The van der Waals surface area contributed by atoms with Crippen molar-refractivity contribution in [1.29, 1.82) is 0 Å². The van der Waals surface area contributed by atoms with Crippen molar-refractivity contribution in [3.8, 4) is 5.69 Å². The first-order chi connectivity index (χ1) is 11.5. The molecule has 0 aliphatic rings. The molecule has 0 spiro atoms. The van der Waals surface area contributed by atoms with Crippen LogP contribution in [-0.4, -0.2) is 32.8 Å². The van der Waals surface area contributed by atoms with Gasteiger partial charge >= 0.3 is 5.97 Å². The Kier molecular flexibility index (Phi) is 5.73. The summed E-state index contributed by atoms with van der Waals surface area (Å²) in [4.78, 5) is 23.9. The predicted octanol–water partition coefficient (Wildman–Crippen LogP) is 2.86. The van der Waals surface area contributed by atoms with E-state index in [1.807, 2.05) is 44.2 Å². The summed E-state index contributed by atoms with van der Waals surface area (Å²) in [6, 6.07) is 8.64. The molecule has 2 aromatic rings. The number of aliphatic carboxylic acids is 1. The van der Waals surface area contributed by atoms with Crippen molar-refractivity contribution in [1.82, 2.24) is 15.1 Å². The van der Waals surface area contributed by atoms with Crippen LogP contribution in [0.4, 0.5) is 0 Å². The molecule has 6 nitrogen and oxygen atoms in total. The maximum absolute atomic E-state index is 12.6. The van der Waals surface area contributed by atoms with Gasteiger partial charge in [0.05, 0.1) is 22.6 Å². The molecule has 24 heavy (non-hydrogen) atoms. The Morgan fingerprint density at radius 1 is 1.25 bits per heavy atom. The summed E-state index contributed by atoms with van der Waals surface area (Å²) >= 11 is 0. The molecule has 6 heteroatoms. The van der Waals surface area contributed by atoms with E-state index in [4.69, 9.17) is 0 Å². The number of unbranched alkanes of at least 4 members (excludes halogenated alkanes) is 1. The van der Waals surface area contributed by atoms with E-state index in [0.29, 0.717) is 23.4 Å². The fraction of sp³-hybridized carbons (Fsp3) is 0.389. The Balaban J connectivity index is 2.27. The van der Waals surface area contributed by atoms with Crippen LogP contribution in [0.3, 0.4) is 0 Å². The Morgan fingerprint density at radius 3 is 2.50 bits per heavy atom. The highest BCUT2D eigenvalue weighted by molar-refractivity contribution is 5.98. The zero-order valence-electron chi connectivity index (χ0n) is 14.2. The van der Waals surface area contributed by atoms with Crippen molar-refractivity contribution in [3.05, 3.63) is 47.3 Å². The summed E-state index contributed by atoms with van der Waals surface area (Å²) in [5.41, 5.74) is 2.56. The van der Waals surface area contributed by atoms with Gasteiger partial charge in [-0.1, -0.05) is 38.0 Å². The first-order valence-electron chi connectivity index (χ1n) is 8.11. The summed E-state index contributed by atoms with van der Waals surface area (Å²) in [6.45, 7) is 5.55. The number of carbonyl (C=O) groups is 2. The van der Waals surface area contributed by atoms with Gasteiger partial charge in [0, 0.05) is 0 Å². The van der Waals surface area contributed by atoms with Gasteiger partial charge in [-0.3, -0.25) is 4.79 Å². The number of hydrogen-bond donors (Lipinski definition) is 2. The standard InChI is InChI=1S/C18H23N3O3/c1-4-5-11-15(18(23)24)19-17(22)16-12(2)20-21(13(16)3)14-9-7-6-8-10-14/h6-10,15H,4-5,11H2,1-3H3,(H,19,22)(H,23,24)/t15-/m0/s1. The molecular weight excluding hydrogens is 306 g/mol. The van der Waals surface area contributed by atoms with Crippen LogP contribution in [-0.2, 0) is 4.79 Å². The quantitative estimate of drug-likeness (QED) is 0.818. The molecule has 2 N–H and O–H groups in total. The number of carboxylic acid groups (broad SMARTS) is 1. The lowest BCUT2D eigenvalue weighted by atomic mass is 10.1. The van der Waals surface area contributed by atoms with Gasteiger partial charge in [-0.25, -0.2) is 9.48 Å². The zero-order valence-corrected chi connectivity index (χ0v) is 14.2. The Hall–Kier alpha value is -2.63. The second kappa shape index (κ2) is 7.77. The van der Waals surface area contributed by atoms with Gasteiger partial charge in [-0.15, -0.1) is 0 Å². The average Bonchev–Trinajstić information content (AvgIpc) is 2.86. The van der Waals surface area contributed by atoms with E-state index in [2.05, 4.69) is 10.4 Å². The molecule has 0 unspecified atom stereocenters. The van der Waals surface area contributed by atoms with E-state index >= 15 is 0 Å². The van der Waals surface area contributed by atoms with Crippen molar-refractivity contribution in [2.75, 3.05) is 0 Å². The third-order valence-electron chi connectivity index (χ3n) is 3.97. The number of nitrogens with zero attached hydrogens (tertiary/aromatic N) is 2. The van der Waals surface area contributed by atoms with Crippen molar-refractivity contribution in [2.24, 2.45) is 0 Å². The minimum absolute atomic E-state index is 0.393. The number of aromatic nitrogens is 2. The maximum atomic E-state index is 12.6. The minimum atomic E-state index is -1.01. The molecule has 1 aromatic heterocycles. The van der Waals surface area contributed by atoms with Gasteiger partial charge < -0.3 is 10.4 Å². The lowest BCUT2D eigenvalue weighted by molar-refractivity contribution is -0.139. The Labute approximate surface area is 141 Å². The van der Waals surface area contributed by atoms with Gasteiger partial charge in [0.25, 0.3) is 5.91 Å². The molecule has 0 aliphatic carbocycles. The molecular formula is C18H23N3O3. The Morgan fingerprint density at radius 2 is 1.92 bits per heavy atom. The van der Waals surface area contributed by atoms with E-state index in [1.165, 1.54) is 0 Å². The van der Waals surface area contributed by atoms with E-state index in [-0.39, 0.29) is 0 Å². The van der Waals surface area contributed by atoms with Crippen LogP contribution in [0.15, 0.2) is 30.3 Å². The number of carboxylic acids is 1. The molecule has 1 atom stereocenters. The normalized spacial score (nSPS) is 12.0. The van der Waals surface area contributed by atoms with Crippen LogP contribution >= 0.6 is 0 Å². The summed E-state index contributed by atoms with van der Waals surface area (Å²) in [6.07, 6.45) is 2.05. The number of amides is 1. The smallest absolute Gasteiger partial charge is 0.326 e. The molecule has 1 aromatic carbocycles. The number of hydrogen-bond acceptors (Lipinski definition) is 3. The number of para-hydroxylation sites is 1. The first-order valence-corrected chi connectivity index (χ1v) is 8.11. The van der Waals surface area contributed by atoms with E-state index < -0.39 is 17.9 Å². The topological polar surface area (TPSA) is 84.2 Å². The average molecular weight is 329 g/mol. The Bertz CT molecular complexity index is 723. The second-order valence-corrected chi connectivity index (χ2v) is 5.80. The maximum Gasteiger partial charge on any atom is 0.326 e. The summed E-state index contributed by atoms with van der Waals surface area (Å²) in [5.74, 6) is -1.40. The van der Waals surface area contributed by atoms with Gasteiger partial charge in [-0.05, 0) is 32.4 Å². The fourth-order valence-corrected chi connectivity index (χ4v) is 2.69. The van der Waals surface area contributed by atoms with Crippen LogP contribution in [0.5, 0.6) is 0 Å². The largest absolute Gasteiger partial charge is 0.480 e. The highest BCUT2D eigenvalue weighted by Crippen LogP contribution is 2.18. The van der Waals surface area contributed by atoms with E-state index in [9.17, 15) is 14.7 Å². The van der Waals surface area contributed by atoms with Crippen molar-refractivity contribution in [2.45, 2.75) is 46.1 Å². The van der Waals surface area contributed by atoms with Gasteiger partial charge in [0.1, 0.15) is 6.04 Å². The second-order valence-electron chi connectivity index (χ2n) is 5.80. The molecule has 128 valence electrons. The minimum Gasteiger partial charge on any atom is -0.480 e. The molecule has 1 amide bonds. The number of benzene rings is 1. The molecule has 0 saturated carbocycles. The SMILES string of the molecule is CCCC[C@H](NC(=O)c1c(C)nn(-c2ccccc2)c1C)C(=O)O. The third kappa shape index (κ3) is 3.82. The molecule has 0 bridgehead atoms. The number of rotatable bonds is 7. The predicted molar refractivity (Wildman–Crippen MR) is 91.5 cm³/mol. The number of nitrogens with one attached hydrogen (secondary N) is 1. The van der Waals surface area contributed by atoms with E-state index in [0.717, 1.165) is 18.5 Å².